The summed E-state index contributed by atoms with van der Waals surface area (Å²) in [4.78, 5) is 38.0. The SMILES string of the molecule is CC\C=C/C=C\C=C/C=C\C=C/CCCC(=O)OCC(COC(=O)CCCCCCCCCCCCCCCCCCC)OC(=O)CCCCCCCCCCCCCCCCCCC. The van der Waals surface area contributed by atoms with Crippen molar-refractivity contribution in [2.45, 2.75) is 284 Å². The van der Waals surface area contributed by atoms with Gasteiger partial charge in [0.15, 0.2) is 6.10 Å². The zero-order chi connectivity index (χ0) is 47.2. The lowest BCUT2D eigenvalue weighted by Crippen LogP contribution is -2.30. The Morgan fingerprint density at radius 1 is 0.323 bits per heavy atom. The van der Waals surface area contributed by atoms with Crippen LogP contribution in [0.4, 0.5) is 0 Å². The monoisotopic (exact) mass is 909 g/mol. The number of ether oxygens (including phenoxy) is 3. The van der Waals surface area contributed by atoms with Gasteiger partial charge in [-0.05, 0) is 32.1 Å². The Balaban J connectivity index is 4.40. The minimum Gasteiger partial charge on any atom is -0.462 e. The summed E-state index contributed by atoms with van der Waals surface area (Å²) >= 11 is 0. The summed E-state index contributed by atoms with van der Waals surface area (Å²) in [5.74, 6) is -0.957. The molecule has 0 aliphatic heterocycles. The normalized spacial score (nSPS) is 12.5. The van der Waals surface area contributed by atoms with Crippen LogP contribution in [-0.2, 0) is 28.6 Å². The van der Waals surface area contributed by atoms with E-state index in [-0.39, 0.29) is 37.5 Å². The molecule has 0 aliphatic carbocycles. The molecule has 0 aromatic rings. The van der Waals surface area contributed by atoms with Gasteiger partial charge in [0.2, 0.25) is 0 Å². The molecule has 0 saturated carbocycles. The Kier molecular flexibility index (Phi) is 51.3. The largest absolute Gasteiger partial charge is 0.462 e. The van der Waals surface area contributed by atoms with Crippen molar-refractivity contribution in [3.63, 3.8) is 0 Å². The molecule has 65 heavy (non-hydrogen) atoms. The fourth-order valence-corrected chi connectivity index (χ4v) is 8.00. The summed E-state index contributed by atoms with van der Waals surface area (Å²) in [6, 6.07) is 0. The number of hydrogen-bond donors (Lipinski definition) is 0. The maximum absolute atomic E-state index is 12.8. The van der Waals surface area contributed by atoms with E-state index < -0.39 is 6.10 Å². The number of carbonyl (C=O) groups excluding carboxylic acids is 3. The first-order valence-electron chi connectivity index (χ1n) is 27.9. The molecule has 1 unspecified atom stereocenters. The van der Waals surface area contributed by atoms with Gasteiger partial charge in [0.1, 0.15) is 13.2 Å². The van der Waals surface area contributed by atoms with E-state index in [9.17, 15) is 14.4 Å². The summed E-state index contributed by atoms with van der Waals surface area (Å²) in [6.45, 7) is 6.47. The lowest BCUT2D eigenvalue weighted by Gasteiger charge is -2.18. The molecule has 376 valence electrons. The number of esters is 3. The Morgan fingerprint density at radius 3 is 0.938 bits per heavy atom. The van der Waals surface area contributed by atoms with Crippen molar-refractivity contribution in [1.29, 1.82) is 0 Å². The summed E-state index contributed by atoms with van der Waals surface area (Å²) < 4.78 is 16.8. The van der Waals surface area contributed by atoms with Gasteiger partial charge in [-0.15, -0.1) is 0 Å². The fourth-order valence-electron chi connectivity index (χ4n) is 8.00. The highest BCUT2D eigenvalue weighted by Gasteiger charge is 2.19. The van der Waals surface area contributed by atoms with Gasteiger partial charge in [0, 0.05) is 19.3 Å². The standard InChI is InChI=1S/C59H104O6/c1-4-7-10-13-16-19-22-25-27-29-31-34-37-40-43-46-49-52-58(61)64-55-56(54-63-57(60)51-48-45-42-39-36-33-24-21-18-15-12-9-6-3)65-59(62)53-50-47-44-41-38-35-32-30-28-26-23-20-17-14-11-8-5-2/h9,12,15,18,21,24,33,36,39,42,56H,4-8,10-11,13-14,16-17,19-20,22-23,25-32,34-35,37-38,40-41,43-55H2,1-3H3/b12-9-,18-15-,24-21-,36-33-,42-39-. The Labute approximate surface area is 402 Å². The second-order valence-corrected chi connectivity index (χ2v) is 18.6. The molecule has 0 rings (SSSR count). The molecule has 0 N–H and O–H groups in total. The lowest BCUT2D eigenvalue weighted by molar-refractivity contribution is -0.167. The van der Waals surface area contributed by atoms with Crippen LogP contribution in [0.1, 0.15) is 278 Å². The van der Waals surface area contributed by atoms with E-state index in [2.05, 4.69) is 26.8 Å². The van der Waals surface area contributed by atoms with Crippen LogP contribution in [0, 0.1) is 0 Å². The first kappa shape index (κ1) is 62.1. The highest BCUT2D eigenvalue weighted by Crippen LogP contribution is 2.17. The van der Waals surface area contributed by atoms with E-state index in [4.69, 9.17) is 14.2 Å². The second kappa shape index (κ2) is 53.7. The summed E-state index contributed by atoms with van der Waals surface area (Å²) in [7, 11) is 0. The van der Waals surface area contributed by atoms with Crippen molar-refractivity contribution in [3.8, 4) is 0 Å². The summed E-state index contributed by atoms with van der Waals surface area (Å²) in [5, 5.41) is 0. The van der Waals surface area contributed by atoms with E-state index in [0.29, 0.717) is 19.3 Å². The van der Waals surface area contributed by atoms with Gasteiger partial charge in [-0.25, -0.2) is 0 Å². The molecule has 0 spiro atoms. The van der Waals surface area contributed by atoms with Crippen LogP contribution in [0.25, 0.3) is 0 Å². The highest BCUT2D eigenvalue weighted by atomic mass is 16.6. The van der Waals surface area contributed by atoms with Gasteiger partial charge in [0.05, 0.1) is 0 Å². The number of carbonyl (C=O) groups is 3. The quantitative estimate of drug-likeness (QED) is 0.0262. The van der Waals surface area contributed by atoms with Crippen LogP contribution in [-0.4, -0.2) is 37.2 Å². The third-order valence-corrected chi connectivity index (χ3v) is 12.2. The fraction of sp³-hybridized carbons (Fsp3) is 0.780. The van der Waals surface area contributed by atoms with Crippen molar-refractivity contribution >= 4 is 17.9 Å². The number of hydrogen-bond acceptors (Lipinski definition) is 6. The zero-order valence-corrected chi connectivity index (χ0v) is 43.0. The van der Waals surface area contributed by atoms with E-state index in [1.807, 2.05) is 54.7 Å². The Bertz CT molecular complexity index is 1180. The summed E-state index contributed by atoms with van der Waals surface area (Å²) in [6.07, 6.45) is 66.5. The molecular formula is C59H104O6. The first-order chi connectivity index (χ1) is 32.0. The molecule has 6 heteroatoms. The molecule has 0 aliphatic rings. The third kappa shape index (κ3) is 51.9. The van der Waals surface area contributed by atoms with Crippen LogP contribution in [0.5, 0.6) is 0 Å². The van der Waals surface area contributed by atoms with Gasteiger partial charge in [-0.1, -0.05) is 287 Å². The van der Waals surface area contributed by atoms with Crippen LogP contribution >= 0.6 is 0 Å². The van der Waals surface area contributed by atoms with Crippen molar-refractivity contribution in [2.24, 2.45) is 0 Å². The predicted octanol–water partition coefficient (Wildman–Crippen LogP) is 18.4. The van der Waals surface area contributed by atoms with Crippen molar-refractivity contribution in [1.82, 2.24) is 0 Å². The van der Waals surface area contributed by atoms with Gasteiger partial charge in [-0.2, -0.15) is 0 Å². The Hall–Kier alpha value is -2.89. The molecule has 6 nitrogen and oxygen atoms in total. The molecule has 1 atom stereocenters. The minimum absolute atomic E-state index is 0.0926. The molecular weight excluding hydrogens is 805 g/mol. The van der Waals surface area contributed by atoms with Gasteiger partial charge in [0.25, 0.3) is 0 Å². The van der Waals surface area contributed by atoms with Crippen LogP contribution in [0.15, 0.2) is 60.8 Å². The van der Waals surface area contributed by atoms with E-state index >= 15 is 0 Å². The summed E-state index contributed by atoms with van der Waals surface area (Å²) in [5.41, 5.74) is 0. The number of allylic oxidation sites excluding steroid dienone is 10. The van der Waals surface area contributed by atoms with E-state index in [1.54, 1.807) is 0 Å². The average Bonchev–Trinajstić information content (AvgIpc) is 3.30. The van der Waals surface area contributed by atoms with Gasteiger partial charge >= 0.3 is 17.9 Å². The van der Waals surface area contributed by atoms with Gasteiger partial charge < -0.3 is 14.2 Å². The maximum Gasteiger partial charge on any atom is 0.306 e. The Morgan fingerprint density at radius 2 is 0.600 bits per heavy atom. The maximum atomic E-state index is 12.8. The molecule has 0 bridgehead atoms. The van der Waals surface area contributed by atoms with Crippen LogP contribution in [0.3, 0.4) is 0 Å². The first-order valence-corrected chi connectivity index (χ1v) is 27.9. The van der Waals surface area contributed by atoms with Crippen molar-refractivity contribution in [2.75, 3.05) is 13.2 Å². The average molecular weight is 909 g/mol. The zero-order valence-electron chi connectivity index (χ0n) is 43.0. The predicted molar refractivity (Wildman–Crippen MR) is 279 cm³/mol. The molecule has 0 fully saturated rings. The van der Waals surface area contributed by atoms with E-state index in [1.165, 1.54) is 180 Å². The van der Waals surface area contributed by atoms with Gasteiger partial charge in [-0.3, -0.25) is 14.4 Å². The lowest BCUT2D eigenvalue weighted by atomic mass is 10.0. The molecule has 0 radical (unpaired) electrons. The van der Waals surface area contributed by atoms with Crippen molar-refractivity contribution < 1.29 is 28.6 Å². The smallest absolute Gasteiger partial charge is 0.306 e. The highest BCUT2D eigenvalue weighted by molar-refractivity contribution is 5.71. The number of rotatable bonds is 50. The molecule has 0 saturated heterocycles. The molecule has 0 aromatic heterocycles. The second-order valence-electron chi connectivity index (χ2n) is 18.6. The third-order valence-electron chi connectivity index (χ3n) is 12.2. The topological polar surface area (TPSA) is 78.9 Å². The van der Waals surface area contributed by atoms with Crippen molar-refractivity contribution in [3.05, 3.63) is 60.8 Å². The molecule has 0 aromatic carbocycles. The van der Waals surface area contributed by atoms with E-state index in [0.717, 1.165) is 51.4 Å². The molecule has 0 amide bonds. The molecule has 0 heterocycles. The minimum atomic E-state index is -0.799. The van der Waals surface area contributed by atoms with Crippen LogP contribution in [0.2, 0.25) is 0 Å². The van der Waals surface area contributed by atoms with Crippen LogP contribution < -0.4 is 0 Å². The number of unbranched alkanes of at least 4 members (excludes halogenated alkanes) is 33.